The lowest BCUT2D eigenvalue weighted by atomic mass is 10.2. The highest BCUT2D eigenvalue weighted by atomic mass is 32.2. The maximum absolute atomic E-state index is 13.3. The highest BCUT2D eigenvalue weighted by molar-refractivity contribution is 8.00. The molecule has 2 heterocycles. The zero-order valence-electron chi connectivity index (χ0n) is 20.6. The van der Waals surface area contributed by atoms with Crippen LogP contribution in [0.5, 0.6) is 0 Å². The van der Waals surface area contributed by atoms with Crippen molar-refractivity contribution in [2.45, 2.75) is 31.2 Å². The molecule has 5 aromatic rings. The third kappa shape index (κ3) is 4.24. The number of rotatable bonds is 6. The van der Waals surface area contributed by atoms with E-state index in [2.05, 4.69) is 41.1 Å². The zero-order valence-corrected chi connectivity index (χ0v) is 21.4. The number of hydrogen-bond donors (Lipinski definition) is 1. The fraction of sp³-hybridized carbons (Fsp3) is 0.179. The van der Waals surface area contributed by atoms with Crippen LogP contribution in [0, 0.1) is 13.8 Å². The zero-order chi connectivity index (χ0) is 25.4. The summed E-state index contributed by atoms with van der Waals surface area (Å²) in [6.07, 6.45) is 0. The lowest BCUT2D eigenvalue weighted by Gasteiger charge is -2.13. The Bertz CT molecular complexity index is 1610. The van der Waals surface area contributed by atoms with E-state index in [4.69, 9.17) is 4.98 Å². The van der Waals surface area contributed by atoms with Gasteiger partial charge in [0.1, 0.15) is 5.69 Å². The van der Waals surface area contributed by atoms with Gasteiger partial charge in [-0.1, -0.05) is 59.8 Å². The van der Waals surface area contributed by atoms with Crippen LogP contribution in [0.2, 0.25) is 0 Å². The van der Waals surface area contributed by atoms with Crippen LogP contribution in [0.1, 0.15) is 18.2 Å². The number of imidazole rings is 1. The van der Waals surface area contributed by atoms with E-state index in [-0.39, 0.29) is 17.2 Å². The Hall–Kier alpha value is -4.04. The Balaban J connectivity index is 1.45. The Morgan fingerprint density at radius 2 is 1.58 bits per heavy atom. The van der Waals surface area contributed by atoms with Gasteiger partial charge in [0.15, 0.2) is 5.16 Å². The van der Waals surface area contributed by atoms with Crippen molar-refractivity contribution in [3.8, 4) is 11.4 Å². The van der Waals surface area contributed by atoms with E-state index in [1.165, 1.54) is 17.3 Å². The monoisotopic (exact) mass is 497 g/mol. The molecule has 0 radical (unpaired) electrons. The number of nitrogens with zero attached hydrogens (tertiary/aromatic N) is 4. The number of aryl methyl sites for hydroxylation is 1. The van der Waals surface area contributed by atoms with E-state index >= 15 is 0 Å². The van der Waals surface area contributed by atoms with Gasteiger partial charge >= 0.3 is 0 Å². The second-order valence-corrected chi connectivity index (χ2v) is 10.0. The summed E-state index contributed by atoms with van der Waals surface area (Å²) in [4.78, 5) is 31.3. The molecule has 0 aliphatic heterocycles. The van der Waals surface area contributed by atoms with Crippen LogP contribution in [0.4, 0.5) is 5.69 Å². The largest absolute Gasteiger partial charge is 0.319 e. The fourth-order valence-electron chi connectivity index (χ4n) is 4.18. The van der Waals surface area contributed by atoms with Gasteiger partial charge in [0.25, 0.3) is 5.56 Å². The van der Waals surface area contributed by atoms with Crippen molar-refractivity contribution in [3.05, 3.63) is 100 Å². The number of para-hydroxylation sites is 3. The molecular formula is C28H27N5O2S. The smallest absolute Gasteiger partial charge is 0.295 e. The van der Waals surface area contributed by atoms with Gasteiger partial charge in [-0.15, -0.1) is 0 Å². The first kappa shape index (κ1) is 23.7. The maximum Gasteiger partial charge on any atom is 0.295 e. The van der Waals surface area contributed by atoms with E-state index < -0.39 is 5.25 Å². The molecule has 2 aromatic heterocycles. The van der Waals surface area contributed by atoms with Crippen molar-refractivity contribution in [2.24, 2.45) is 7.05 Å². The molecule has 0 saturated carbocycles. The Morgan fingerprint density at radius 1 is 0.917 bits per heavy atom. The molecule has 8 heteroatoms. The van der Waals surface area contributed by atoms with Crippen molar-refractivity contribution >= 4 is 34.4 Å². The van der Waals surface area contributed by atoms with Crippen LogP contribution in [0.25, 0.3) is 22.4 Å². The van der Waals surface area contributed by atoms with E-state index in [1.807, 2.05) is 75.5 Å². The molecule has 0 fully saturated rings. The van der Waals surface area contributed by atoms with Gasteiger partial charge in [-0.3, -0.25) is 18.8 Å². The first-order chi connectivity index (χ1) is 17.3. The van der Waals surface area contributed by atoms with E-state index in [0.29, 0.717) is 10.9 Å². The van der Waals surface area contributed by atoms with Gasteiger partial charge in [0.05, 0.1) is 27.7 Å². The van der Waals surface area contributed by atoms with Crippen LogP contribution in [0.3, 0.4) is 0 Å². The van der Waals surface area contributed by atoms with Crippen LogP contribution < -0.4 is 10.9 Å². The van der Waals surface area contributed by atoms with Gasteiger partial charge < -0.3 is 5.32 Å². The summed E-state index contributed by atoms with van der Waals surface area (Å²) in [6, 6.07) is 25.5. The highest BCUT2D eigenvalue weighted by Gasteiger charge is 2.24. The topological polar surface area (TPSA) is 73.8 Å². The second-order valence-electron chi connectivity index (χ2n) is 8.74. The molecular weight excluding hydrogens is 470 g/mol. The lowest BCUT2D eigenvalue weighted by molar-refractivity contribution is -0.115. The molecule has 1 amide bonds. The maximum atomic E-state index is 13.3. The van der Waals surface area contributed by atoms with Gasteiger partial charge in [-0.25, -0.2) is 9.67 Å². The van der Waals surface area contributed by atoms with Crippen molar-refractivity contribution in [1.29, 1.82) is 0 Å². The normalized spacial score (nSPS) is 12.1. The molecule has 0 aliphatic carbocycles. The molecule has 0 spiro atoms. The summed E-state index contributed by atoms with van der Waals surface area (Å²) in [5.41, 5.74) is 5.42. The summed E-state index contributed by atoms with van der Waals surface area (Å²) in [5.74, 6) is -0.256. The average molecular weight is 498 g/mol. The van der Waals surface area contributed by atoms with E-state index in [9.17, 15) is 9.59 Å². The number of anilines is 1. The Labute approximate surface area is 213 Å². The molecule has 1 atom stereocenters. The van der Waals surface area contributed by atoms with E-state index in [1.54, 1.807) is 9.36 Å². The third-order valence-corrected chi connectivity index (χ3v) is 7.33. The molecule has 0 saturated heterocycles. The molecule has 0 aliphatic rings. The molecule has 182 valence electrons. The molecule has 1 unspecified atom stereocenters. The molecule has 5 rings (SSSR count). The van der Waals surface area contributed by atoms with Crippen LogP contribution in [-0.2, 0) is 11.8 Å². The second kappa shape index (κ2) is 9.54. The number of nitrogens with one attached hydrogen (secondary N) is 1. The molecule has 7 nitrogen and oxygen atoms in total. The van der Waals surface area contributed by atoms with Crippen LogP contribution in [0.15, 0.2) is 88.8 Å². The standard InChI is InChI=1S/C28H27N5O2S/c1-18-14-16-21(17-15-18)32-24-13-9-8-12-23(24)29-28(32)36-20(3)26(34)30-25-19(2)31(4)33(27(25)35)22-10-6-5-7-11-22/h5-17,20H,1-4H3,(H,30,34). The number of amides is 1. The Morgan fingerprint density at radius 3 is 2.31 bits per heavy atom. The molecule has 1 N–H and O–H groups in total. The van der Waals surface area contributed by atoms with Gasteiger partial charge in [0, 0.05) is 12.7 Å². The van der Waals surface area contributed by atoms with Crippen molar-refractivity contribution in [1.82, 2.24) is 18.9 Å². The minimum atomic E-state index is -0.491. The van der Waals surface area contributed by atoms with Crippen molar-refractivity contribution in [2.75, 3.05) is 5.32 Å². The quantitative estimate of drug-likeness (QED) is 0.325. The number of hydrogen-bond acceptors (Lipinski definition) is 4. The molecule has 0 bridgehead atoms. The Kier molecular flexibility index (Phi) is 6.28. The minimum absolute atomic E-state index is 0.256. The van der Waals surface area contributed by atoms with Gasteiger partial charge in [0.2, 0.25) is 5.91 Å². The van der Waals surface area contributed by atoms with Crippen molar-refractivity contribution < 1.29 is 4.79 Å². The summed E-state index contributed by atoms with van der Waals surface area (Å²) < 4.78 is 5.38. The number of carbonyl (C=O) groups excluding carboxylic acids is 1. The fourth-order valence-corrected chi connectivity index (χ4v) is 5.12. The number of carbonyl (C=O) groups is 1. The summed E-state index contributed by atoms with van der Waals surface area (Å²) in [6.45, 7) is 5.70. The summed E-state index contributed by atoms with van der Waals surface area (Å²) in [7, 11) is 1.81. The predicted octanol–water partition coefficient (Wildman–Crippen LogP) is 5.25. The SMILES string of the molecule is Cc1ccc(-n2c(SC(C)C(=O)Nc3c(C)n(C)n(-c4ccccc4)c3=O)nc3ccccc32)cc1. The molecule has 3 aromatic carbocycles. The number of thioether (sulfide) groups is 1. The lowest BCUT2D eigenvalue weighted by Crippen LogP contribution is -2.27. The number of fused-ring (bicyclic) bond motifs is 1. The third-order valence-electron chi connectivity index (χ3n) is 6.28. The van der Waals surface area contributed by atoms with Crippen LogP contribution in [-0.4, -0.2) is 30.1 Å². The van der Waals surface area contributed by atoms with Gasteiger partial charge in [-0.2, -0.15) is 0 Å². The number of benzene rings is 3. The summed E-state index contributed by atoms with van der Waals surface area (Å²) in [5, 5.41) is 3.11. The van der Waals surface area contributed by atoms with E-state index in [0.717, 1.165) is 22.4 Å². The molecule has 36 heavy (non-hydrogen) atoms. The van der Waals surface area contributed by atoms with Crippen LogP contribution >= 0.6 is 11.8 Å². The first-order valence-corrected chi connectivity index (χ1v) is 12.6. The van der Waals surface area contributed by atoms with Crippen molar-refractivity contribution in [3.63, 3.8) is 0 Å². The highest BCUT2D eigenvalue weighted by Crippen LogP contribution is 2.31. The average Bonchev–Trinajstić information content (AvgIpc) is 3.34. The minimum Gasteiger partial charge on any atom is -0.319 e. The predicted molar refractivity (Wildman–Crippen MR) is 146 cm³/mol. The number of aromatic nitrogens is 4. The first-order valence-electron chi connectivity index (χ1n) is 11.7. The van der Waals surface area contributed by atoms with Gasteiger partial charge in [-0.05, 0) is 57.2 Å². The summed E-state index contributed by atoms with van der Waals surface area (Å²) >= 11 is 1.37.